The maximum absolute atomic E-state index is 10.7. The van der Waals surface area contributed by atoms with Crippen LogP contribution in [-0.2, 0) is 4.79 Å². The summed E-state index contributed by atoms with van der Waals surface area (Å²) in [4.78, 5) is 25.3. The molecule has 8 nitrogen and oxygen atoms in total. The maximum Gasteiger partial charge on any atom is 0.262 e. The monoisotopic (exact) mass is 242 g/mol. The van der Waals surface area contributed by atoms with E-state index in [9.17, 15) is 4.79 Å². The Labute approximate surface area is 94.0 Å². The molecule has 0 aromatic carbocycles. The highest BCUT2D eigenvalue weighted by atomic mass is 35.5. The highest BCUT2D eigenvalue weighted by Gasteiger charge is 2.08. The highest BCUT2D eigenvalue weighted by Crippen LogP contribution is 2.17. The van der Waals surface area contributed by atoms with Crippen molar-refractivity contribution in [1.82, 2.24) is 25.4 Å². The molecular formula is C7H7ClN6O2. The van der Waals surface area contributed by atoms with Gasteiger partial charge in [-0.1, -0.05) is 11.6 Å². The fourth-order valence-corrected chi connectivity index (χ4v) is 1.29. The van der Waals surface area contributed by atoms with Gasteiger partial charge in [-0.05, 0) is 0 Å². The summed E-state index contributed by atoms with van der Waals surface area (Å²) in [5, 5.41) is 11.1. The molecular weight excluding hydrogens is 236 g/mol. The molecule has 4 N–H and O–H groups in total. The van der Waals surface area contributed by atoms with Crippen molar-refractivity contribution in [3.05, 3.63) is 11.5 Å². The van der Waals surface area contributed by atoms with Gasteiger partial charge in [-0.3, -0.25) is 10.0 Å². The molecule has 9 heteroatoms. The SMILES string of the molecule is O=C(CNc1nc(Cl)c2[nH]cnc2n1)NO. The van der Waals surface area contributed by atoms with E-state index in [1.165, 1.54) is 11.8 Å². The maximum atomic E-state index is 10.7. The second-order valence-corrected chi connectivity index (χ2v) is 3.19. The van der Waals surface area contributed by atoms with Crippen LogP contribution >= 0.6 is 11.6 Å². The molecule has 0 fully saturated rings. The second kappa shape index (κ2) is 4.29. The molecule has 0 unspecified atom stereocenters. The molecule has 0 radical (unpaired) electrons. The normalized spacial score (nSPS) is 10.4. The molecule has 2 heterocycles. The van der Waals surface area contributed by atoms with Crippen LogP contribution in [0.15, 0.2) is 6.33 Å². The van der Waals surface area contributed by atoms with Crippen molar-refractivity contribution in [3.8, 4) is 0 Å². The summed E-state index contributed by atoms with van der Waals surface area (Å²) < 4.78 is 0. The minimum atomic E-state index is -0.609. The number of H-pyrrole nitrogens is 1. The van der Waals surface area contributed by atoms with E-state index in [2.05, 4.69) is 25.3 Å². The third-order valence-corrected chi connectivity index (χ3v) is 2.05. The van der Waals surface area contributed by atoms with Crippen LogP contribution < -0.4 is 10.8 Å². The van der Waals surface area contributed by atoms with E-state index >= 15 is 0 Å². The number of anilines is 1. The van der Waals surface area contributed by atoms with Crippen LogP contribution in [-0.4, -0.2) is 37.6 Å². The van der Waals surface area contributed by atoms with Gasteiger partial charge in [-0.2, -0.15) is 9.97 Å². The molecule has 16 heavy (non-hydrogen) atoms. The molecule has 0 saturated heterocycles. The topological polar surface area (TPSA) is 116 Å². The van der Waals surface area contributed by atoms with E-state index in [0.29, 0.717) is 11.2 Å². The Kier molecular flexibility index (Phi) is 2.84. The van der Waals surface area contributed by atoms with E-state index in [4.69, 9.17) is 16.8 Å². The van der Waals surface area contributed by atoms with Crippen LogP contribution in [0.1, 0.15) is 0 Å². The van der Waals surface area contributed by atoms with Gasteiger partial charge in [0.2, 0.25) is 5.95 Å². The van der Waals surface area contributed by atoms with Crippen LogP contribution in [0.4, 0.5) is 5.95 Å². The molecule has 0 aliphatic heterocycles. The van der Waals surface area contributed by atoms with E-state index < -0.39 is 5.91 Å². The first-order valence-corrected chi connectivity index (χ1v) is 4.62. The third-order valence-electron chi connectivity index (χ3n) is 1.77. The zero-order chi connectivity index (χ0) is 11.5. The lowest BCUT2D eigenvalue weighted by molar-refractivity contribution is -0.127. The number of amides is 1. The molecule has 84 valence electrons. The van der Waals surface area contributed by atoms with E-state index in [1.54, 1.807) is 0 Å². The fraction of sp³-hybridized carbons (Fsp3) is 0.143. The lowest BCUT2D eigenvalue weighted by Crippen LogP contribution is -2.27. The van der Waals surface area contributed by atoms with Gasteiger partial charge in [0.15, 0.2) is 10.8 Å². The zero-order valence-electron chi connectivity index (χ0n) is 7.86. The zero-order valence-corrected chi connectivity index (χ0v) is 8.62. The van der Waals surface area contributed by atoms with Crippen molar-refractivity contribution < 1.29 is 10.0 Å². The van der Waals surface area contributed by atoms with Crippen LogP contribution in [0.3, 0.4) is 0 Å². The number of fused-ring (bicyclic) bond motifs is 1. The number of carbonyl (C=O) groups excluding carboxylic acids is 1. The number of aromatic amines is 1. The minimum Gasteiger partial charge on any atom is -0.345 e. The highest BCUT2D eigenvalue weighted by molar-refractivity contribution is 6.33. The molecule has 1 amide bonds. The number of nitrogens with one attached hydrogen (secondary N) is 3. The van der Waals surface area contributed by atoms with E-state index in [1.807, 2.05) is 0 Å². The van der Waals surface area contributed by atoms with Gasteiger partial charge in [0.05, 0.1) is 12.9 Å². The van der Waals surface area contributed by atoms with Crippen molar-refractivity contribution in [1.29, 1.82) is 0 Å². The number of nitrogens with zero attached hydrogens (tertiary/aromatic N) is 3. The smallest absolute Gasteiger partial charge is 0.262 e. The molecule has 0 saturated carbocycles. The molecule has 0 aliphatic carbocycles. The lowest BCUT2D eigenvalue weighted by Gasteiger charge is -2.03. The Morgan fingerprint density at radius 2 is 2.38 bits per heavy atom. The Bertz CT molecular complexity index is 527. The van der Waals surface area contributed by atoms with Crippen LogP contribution in [0.5, 0.6) is 0 Å². The summed E-state index contributed by atoms with van der Waals surface area (Å²) in [5.74, 6) is -0.449. The molecule has 0 bridgehead atoms. The molecule has 0 aliphatic rings. The van der Waals surface area contributed by atoms with Gasteiger partial charge >= 0.3 is 0 Å². The van der Waals surface area contributed by atoms with Gasteiger partial charge < -0.3 is 10.3 Å². The summed E-state index contributed by atoms with van der Waals surface area (Å²) in [6, 6.07) is 0. The van der Waals surface area contributed by atoms with Crippen molar-refractivity contribution in [3.63, 3.8) is 0 Å². The van der Waals surface area contributed by atoms with Crippen molar-refractivity contribution in [2.24, 2.45) is 0 Å². The third kappa shape index (κ3) is 2.02. The number of imidazole rings is 1. The fourth-order valence-electron chi connectivity index (χ4n) is 1.08. The first-order chi connectivity index (χ1) is 7.70. The molecule has 2 aromatic heterocycles. The second-order valence-electron chi connectivity index (χ2n) is 2.83. The van der Waals surface area contributed by atoms with Crippen LogP contribution in [0, 0.1) is 0 Å². The Hall–Kier alpha value is -1.93. The van der Waals surface area contributed by atoms with E-state index in [-0.39, 0.29) is 17.6 Å². The number of carbonyl (C=O) groups is 1. The lowest BCUT2D eigenvalue weighted by atomic mass is 10.5. The predicted octanol–water partition coefficient (Wildman–Crippen LogP) is -0.0764. The average molecular weight is 243 g/mol. The molecule has 0 atom stereocenters. The number of aromatic nitrogens is 4. The van der Waals surface area contributed by atoms with Crippen molar-refractivity contribution >= 4 is 34.6 Å². The minimum absolute atomic E-state index is 0.160. The Morgan fingerprint density at radius 1 is 1.56 bits per heavy atom. The van der Waals surface area contributed by atoms with Crippen LogP contribution in [0.25, 0.3) is 11.2 Å². The summed E-state index contributed by atoms with van der Waals surface area (Å²) in [6.45, 7) is -0.164. The van der Waals surface area contributed by atoms with Crippen LogP contribution in [0.2, 0.25) is 5.15 Å². The molecule has 2 rings (SSSR count). The predicted molar refractivity (Wildman–Crippen MR) is 55.1 cm³/mol. The van der Waals surface area contributed by atoms with Crippen molar-refractivity contribution in [2.75, 3.05) is 11.9 Å². The molecule has 2 aromatic rings. The quantitative estimate of drug-likeness (QED) is 0.340. The number of hydroxylamine groups is 1. The standard InChI is InChI=1S/C7H7ClN6O2/c8-5-4-6(11-2-10-4)13-7(12-5)9-1-3(15)14-16/h2,16H,1H2,(H,14,15)(H2,9,10,11,12,13). The Balaban J connectivity index is 2.21. The number of hydrogen-bond donors (Lipinski definition) is 4. The number of hydrogen-bond acceptors (Lipinski definition) is 6. The molecule has 0 spiro atoms. The number of rotatable bonds is 3. The van der Waals surface area contributed by atoms with Crippen molar-refractivity contribution in [2.45, 2.75) is 0 Å². The van der Waals surface area contributed by atoms with E-state index in [0.717, 1.165) is 0 Å². The van der Waals surface area contributed by atoms with Gasteiger partial charge in [-0.15, -0.1) is 0 Å². The number of halogens is 1. The Morgan fingerprint density at radius 3 is 3.12 bits per heavy atom. The first kappa shape index (κ1) is 10.6. The van der Waals surface area contributed by atoms with Gasteiger partial charge in [0.25, 0.3) is 5.91 Å². The largest absolute Gasteiger partial charge is 0.345 e. The summed E-state index contributed by atoms with van der Waals surface area (Å²) in [6.07, 6.45) is 1.44. The summed E-state index contributed by atoms with van der Waals surface area (Å²) in [5.41, 5.74) is 2.39. The summed E-state index contributed by atoms with van der Waals surface area (Å²) >= 11 is 5.84. The first-order valence-electron chi connectivity index (χ1n) is 4.24. The van der Waals surface area contributed by atoms with Gasteiger partial charge in [-0.25, -0.2) is 10.5 Å². The van der Waals surface area contributed by atoms with Gasteiger partial charge in [0, 0.05) is 0 Å². The van der Waals surface area contributed by atoms with Gasteiger partial charge in [0.1, 0.15) is 5.52 Å². The average Bonchev–Trinajstić information content (AvgIpc) is 2.74. The summed E-state index contributed by atoms with van der Waals surface area (Å²) in [7, 11) is 0.